The first kappa shape index (κ1) is 18.3. The van der Waals surface area contributed by atoms with Gasteiger partial charge in [0.05, 0.1) is 11.0 Å². The quantitative estimate of drug-likeness (QED) is 0.650. The molecule has 1 N–H and O–H groups in total. The number of carbonyl (C=O) groups is 1. The molecule has 1 aromatic carbocycles. The van der Waals surface area contributed by atoms with Crippen molar-refractivity contribution in [3.05, 3.63) is 33.3 Å². The monoisotopic (exact) mass is 355 g/mol. The van der Waals surface area contributed by atoms with E-state index in [1.807, 2.05) is 20.8 Å². The first-order chi connectivity index (χ1) is 11.2. The number of hydrogen-bond acceptors (Lipinski definition) is 5. The van der Waals surface area contributed by atoms with Crippen LogP contribution in [0.1, 0.15) is 33.6 Å². The van der Waals surface area contributed by atoms with Crippen LogP contribution in [0.2, 0.25) is 5.02 Å². The third-order valence-electron chi connectivity index (χ3n) is 3.69. The van der Waals surface area contributed by atoms with Gasteiger partial charge in [0.2, 0.25) is 0 Å². The van der Waals surface area contributed by atoms with Gasteiger partial charge in [-0.3, -0.25) is 10.1 Å². The zero-order chi connectivity index (χ0) is 17.9. The molecule has 1 fully saturated rings. The fourth-order valence-electron chi connectivity index (χ4n) is 2.65. The Bertz CT molecular complexity index is 630. The first-order valence-corrected chi connectivity index (χ1v) is 8.22. The summed E-state index contributed by atoms with van der Waals surface area (Å²) in [6.45, 7) is 6.50. The maximum Gasteiger partial charge on any atom is 0.410 e. The molecule has 1 atom stereocenters. The predicted octanol–water partition coefficient (Wildman–Crippen LogP) is 4.06. The van der Waals surface area contributed by atoms with Gasteiger partial charge in [-0.1, -0.05) is 11.6 Å². The molecule has 0 spiro atoms. The van der Waals surface area contributed by atoms with Crippen LogP contribution in [-0.2, 0) is 4.74 Å². The van der Waals surface area contributed by atoms with E-state index in [0.29, 0.717) is 23.8 Å². The number of amides is 1. The maximum atomic E-state index is 12.3. The van der Waals surface area contributed by atoms with Crippen molar-refractivity contribution in [2.24, 2.45) is 0 Å². The SMILES string of the molecule is CC(C)(C)OC(=O)N1CCCC1CNc1cc(Cl)ccc1[N+](=O)[O-]. The highest BCUT2D eigenvalue weighted by molar-refractivity contribution is 6.31. The Balaban J connectivity index is 2.04. The van der Waals surface area contributed by atoms with Gasteiger partial charge in [0.1, 0.15) is 11.3 Å². The summed E-state index contributed by atoms with van der Waals surface area (Å²) in [5.74, 6) is 0. The van der Waals surface area contributed by atoms with Crippen LogP contribution in [-0.4, -0.2) is 40.6 Å². The van der Waals surface area contributed by atoms with Crippen molar-refractivity contribution >= 4 is 29.1 Å². The van der Waals surface area contributed by atoms with E-state index in [-0.39, 0.29) is 17.8 Å². The number of ether oxygens (including phenoxy) is 1. The maximum absolute atomic E-state index is 12.3. The number of nitro groups is 1. The normalized spacial score (nSPS) is 17.7. The number of carbonyl (C=O) groups excluding carboxylic acids is 1. The van der Waals surface area contributed by atoms with Crippen molar-refractivity contribution in [2.75, 3.05) is 18.4 Å². The minimum atomic E-state index is -0.552. The third kappa shape index (κ3) is 4.74. The summed E-state index contributed by atoms with van der Waals surface area (Å²) in [4.78, 5) is 24.6. The van der Waals surface area contributed by atoms with Gasteiger partial charge in [0.15, 0.2) is 0 Å². The van der Waals surface area contributed by atoms with Crippen LogP contribution in [0.15, 0.2) is 18.2 Å². The summed E-state index contributed by atoms with van der Waals surface area (Å²) < 4.78 is 5.41. The van der Waals surface area contributed by atoms with Gasteiger partial charge in [-0.2, -0.15) is 0 Å². The Morgan fingerprint density at radius 2 is 2.21 bits per heavy atom. The molecule has 1 heterocycles. The number of likely N-dealkylation sites (tertiary alicyclic amines) is 1. The zero-order valence-electron chi connectivity index (χ0n) is 14.0. The molecule has 7 nitrogen and oxygen atoms in total. The summed E-state index contributed by atoms with van der Waals surface area (Å²) in [5.41, 5.74) is -0.242. The highest BCUT2D eigenvalue weighted by atomic mass is 35.5. The van der Waals surface area contributed by atoms with Crippen molar-refractivity contribution in [3.8, 4) is 0 Å². The Hall–Kier alpha value is -2.02. The second kappa shape index (κ2) is 7.25. The van der Waals surface area contributed by atoms with Crippen molar-refractivity contribution in [1.82, 2.24) is 4.90 Å². The summed E-state index contributed by atoms with van der Waals surface area (Å²) in [6.07, 6.45) is 1.34. The summed E-state index contributed by atoms with van der Waals surface area (Å²) in [5, 5.41) is 14.6. The van der Waals surface area contributed by atoms with Crippen molar-refractivity contribution in [2.45, 2.75) is 45.3 Å². The fraction of sp³-hybridized carbons (Fsp3) is 0.562. The molecule has 0 aliphatic carbocycles. The van der Waals surface area contributed by atoms with E-state index in [4.69, 9.17) is 16.3 Å². The van der Waals surface area contributed by atoms with Crippen LogP contribution in [0, 0.1) is 10.1 Å². The lowest BCUT2D eigenvalue weighted by atomic mass is 10.2. The van der Waals surface area contributed by atoms with Gasteiger partial charge in [0, 0.05) is 24.2 Å². The van der Waals surface area contributed by atoms with Gasteiger partial charge in [-0.15, -0.1) is 0 Å². The van der Waals surface area contributed by atoms with Gasteiger partial charge in [-0.05, 0) is 45.7 Å². The number of hydrogen-bond donors (Lipinski definition) is 1. The number of nitrogens with one attached hydrogen (secondary N) is 1. The first-order valence-electron chi connectivity index (χ1n) is 7.85. The summed E-state index contributed by atoms with van der Waals surface area (Å²) in [6, 6.07) is 4.30. The molecule has 2 rings (SSSR count). The lowest BCUT2D eigenvalue weighted by Crippen LogP contribution is -2.42. The van der Waals surface area contributed by atoms with Gasteiger partial charge >= 0.3 is 6.09 Å². The van der Waals surface area contributed by atoms with Crippen molar-refractivity contribution in [3.63, 3.8) is 0 Å². The van der Waals surface area contributed by atoms with Gasteiger partial charge in [0.25, 0.3) is 5.69 Å². The number of rotatable bonds is 4. The molecule has 132 valence electrons. The molecule has 1 unspecified atom stereocenters. The average molecular weight is 356 g/mol. The lowest BCUT2D eigenvalue weighted by molar-refractivity contribution is -0.384. The van der Waals surface area contributed by atoms with Crippen LogP contribution in [0.25, 0.3) is 0 Å². The smallest absolute Gasteiger partial charge is 0.410 e. The van der Waals surface area contributed by atoms with Crippen LogP contribution < -0.4 is 5.32 Å². The second-order valence-electron chi connectivity index (χ2n) is 6.77. The minimum absolute atomic E-state index is 0.0405. The van der Waals surface area contributed by atoms with Crippen molar-refractivity contribution < 1.29 is 14.5 Å². The highest BCUT2D eigenvalue weighted by Crippen LogP contribution is 2.28. The summed E-state index contributed by atoms with van der Waals surface area (Å²) in [7, 11) is 0. The molecule has 24 heavy (non-hydrogen) atoms. The summed E-state index contributed by atoms with van der Waals surface area (Å²) >= 11 is 5.92. The van der Waals surface area contributed by atoms with E-state index >= 15 is 0 Å². The molecule has 1 saturated heterocycles. The Morgan fingerprint density at radius 1 is 1.50 bits per heavy atom. The molecule has 1 amide bonds. The number of benzene rings is 1. The topological polar surface area (TPSA) is 84.7 Å². The van der Waals surface area contributed by atoms with E-state index in [9.17, 15) is 14.9 Å². The fourth-order valence-corrected chi connectivity index (χ4v) is 2.82. The molecule has 0 aromatic heterocycles. The Labute approximate surface area is 146 Å². The van der Waals surface area contributed by atoms with Crippen molar-refractivity contribution in [1.29, 1.82) is 0 Å². The van der Waals surface area contributed by atoms with Crippen LogP contribution in [0.3, 0.4) is 0 Å². The molecule has 0 bridgehead atoms. The standard InChI is InChI=1S/C16H22ClN3O4/c1-16(2,3)24-15(21)19-8-4-5-12(19)10-18-13-9-11(17)6-7-14(13)20(22)23/h6-7,9,12,18H,4-5,8,10H2,1-3H3. The number of halogens is 1. The minimum Gasteiger partial charge on any atom is -0.444 e. The third-order valence-corrected chi connectivity index (χ3v) is 3.92. The lowest BCUT2D eigenvalue weighted by Gasteiger charge is -2.28. The number of nitrogens with zero attached hydrogens (tertiary/aromatic N) is 2. The number of nitro benzene ring substituents is 1. The second-order valence-corrected chi connectivity index (χ2v) is 7.21. The van der Waals surface area contributed by atoms with E-state index < -0.39 is 10.5 Å². The van der Waals surface area contributed by atoms with E-state index in [2.05, 4.69) is 5.32 Å². The highest BCUT2D eigenvalue weighted by Gasteiger charge is 2.32. The van der Waals surface area contributed by atoms with Crippen LogP contribution in [0.4, 0.5) is 16.2 Å². The molecular formula is C16H22ClN3O4. The molecule has 1 aliphatic rings. The van der Waals surface area contributed by atoms with Gasteiger partial charge < -0.3 is 15.0 Å². The molecule has 1 aromatic rings. The zero-order valence-corrected chi connectivity index (χ0v) is 14.8. The van der Waals surface area contributed by atoms with Gasteiger partial charge in [-0.25, -0.2) is 4.79 Å². The van der Waals surface area contributed by atoms with E-state index in [0.717, 1.165) is 12.8 Å². The Morgan fingerprint density at radius 3 is 2.83 bits per heavy atom. The Kier molecular flexibility index (Phi) is 5.54. The van der Waals surface area contributed by atoms with Crippen LogP contribution >= 0.6 is 11.6 Å². The molecule has 1 aliphatic heterocycles. The van der Waals surface area contributed by atoms with Crippen LogP contribution in [0.5, 0.6) is 0 Å². The molecule has 0 radical (unpaired) electrons. The molecular weight excluding hydrogens is 334 g/mol. The predicted molar refractivity (Wildman–Crippen MR) is 92.6 cm³/mol. The van der Waals surface area contributed by atoms with E-state index in [1.54, 1.807) is 4.90 Å². The van der Waals surface area contributed by atoms with E-state index in [1.165, 1.54) is 18.2 Å². The number of anilines is 1. The largest absolute Gasteiger partial charge is 0.444 e. The molecule has 8 heteroatoms. The average Bonchev–Trinajstić information content (AvgIpc) is 2.91. The molecule has 0 saturated carbocycles.